The maximum absolute atomic E-state index is 12.7. The Labute approximate surface area is 92.2 Å². The van der Waals surface area contributed by atoms with Crippen molar-refractivity contribution in [2.45, 2.75) is 12.8 Å². The third kappa shape index (κ3) is 1.60. The molecule has 2 rings (SSSR count). The van der Waals surface area contributed by atoms with Crippen molar-refractivity contribution in [2.24, 2.45) is 5.41 Å². The minimum atomic E-state index is -1.01. The molecule has 0 aliphatic heterocycles. The second-order valence-corrected chi connectivity index (χ2v) is 3.91. The zero-order chi connectivity index (χ0) is 11.8. The topological polar surface area (TPSA) is 43.4 Å². The standard InChI is InChI=1S/C12H11FO3/c1-16-11(15)12(6-7-12)10(14)8-2-4-9(13)5-3-8/h2-5H,6-7H2,1H3. The summed E-state index contributed by atoms with van der Waals surface area (Å²) in [6.45, 7) is 0. The van der Waals surface area contributed by atoms with Crippen LogP contribution in [-0.4, -0.2) is 18.9 Å². The second kappa shape index (κ2) is 3.70. The Morgan fingerprint density at radius 3 is 2.25 bits per heavy atom. The molecule has 0 aromatic heterocycles. The van der Waals surface area contributed by atoms with Gasteiger partial charge in [-0.25, -0.2) is 4.39 Å². The fourth-order valence-corrected chi connectivity index (χ4v) is 1.72. The van der Waals surface area contributed by atoms with Crippen molar-refractivity contribution in [3.8, 4) is 0 Å². The Kier molecular flexibility index (Phi) is 2.50. The summed E-state index contributed by atoms with van der Waals surface area (Å²) in [5, 5.41) is 0. The highest BCUT2D eigenvalue weighted by molar-refractivity contribution is 6.14. The Bertz CT molecular complexity index is 432. The van der Waals surface area contributed by atoms with Crippen LogP contribution in [0.25, 0.3) is 0 Å². The fraction of sp³-hybridized carbons (Fsp3) is 0.333. The van der Waals surface area contributed by atoms with Crippen molar-refractivity contribution in [1.82, 2.24) is 0 Å². The normalized spacial score (nSPS) is 16.6. The summed E-state index contributed by atoms with van der Waals surface area (Å²) in [7, 11) is 1.26. The average Bonchev–Trinajstić information content (AvgIpc) is 3.09. The highest BCUT2D eigenvalue weighted by atomic mass is 19.1. The lowest BCUT2D eigenvalue weighted by atomic mass is 9.95. The van der Waals surface area contributed by atoms with E-state index >= 15 is 0 Å². The summed E-state index contributed by atoms with van der Waals surface area (Å²) in [6.07, 6.45) is 1.02. The smallest absolute Gasteiger partial charge is 0.319 e. The molecule has 0 unspecified atom stereocenters. The molecular weight excluding hydrogens is 211 g/mol. The lowest BCUT2D eigenvalue weighted by molar-refractivity contribution is -0.145. The minimum absolute atomic E-state index is 0.278. The van der Waals surface area contributed by atoms with Gasteiger partial charge in [-0.1, -0.05) is 0 Å². The number of methoxy groups -OCH3 is 1. The molecule has 0 N–H and O–H groups in total. The molecule has 0 radical (unpaired) electrons. The van der Waals surface area contributed by atoms with Gasteiger partial charge in [0.05, 0.1) is 7.11 Å². The van der Waals surface area contributed by atoms with Gasteiger partial charge >= 0.3 is 5.97 Å². The van der Waals surface area contributed by atoms with Crippen molar-refractivity contribution in [3.05, 3.63) is 35.6 Å². The van der Waals surface area contributed by atoms with Gasteiger partial charge in [-0.3, -0.25) is 9.59 Å². The molecule has 0 atom stereocenters. The van der Waals surface area contributed by atoms with Crippen molar-refractivity contribution in [2.75, 3.05) is 7.11 Å². The molecule has 0 amide bonds. The van der Waals surface area contributed by atoms with E-state index in [2.05, 4.69) is 4.74 Å². The third-order valence-electron chi connectivity index (χ3n) is 2.87. The minimum Gasteiger partial charge on any atom is -0.468 e. The summed E-state index contributed by atoms with van der Waals surface area (Å²) >= 11 is 0. The highest BCUT2D eigenvalue weighted by Crippen LogP contribution is 2.49. The monoisotopic (exact) mass is 222 g/mol. The van der Waals surface area contributed by atoms with Crippen molar-refractivity contribution >= 4 is 11.8 Å². The molecule has 0 spiro atoms. The number of benzene rings is 1. The average molecular weight is 222 g/mol. The second-order valence-electron chi connectivity index (χ2n) is 3.91. The zero-order valence-electron chi connectivity index (χ0n) is 8.83. The number of hydrogen-bond acceptors (Lipinski definition) is 3. The molecule has 4 heteroatoms. The number of esters is 1. The molecule has 84 valence electrons. The first kappa shape index (κ1) is 10.8. The van der Waals surface area contributed by atoms with Gasteiger partial charge in [0.15, 0.2) is 5.78 Å². The van der Waals surface area contributed by atoms with Gasteiger partial charge in [0.2, 0.25) is 0 Å². The fourth-order valence-electron chi connectivity index (χ4n) is 1.72. The molecule has 1 aliphatic carbocycles. The summed E-state index contributed by atoms with van der Waals surface area (Å²) in [6, 6.07) is 5.20. The first-order valence-corrected chi connectivity index (χ1v) is 4.99. The molecule has 16 heavy (non-hydrogen) atoms. The lowest BCUT2D eigenvalue weighted by Gasteiger charge is -2.10. The van der Waals surface area contributed by atoms with E-state index in [0.717, 1.165) is 0 Å². The van der Waals surface area contributed by atoms with Gasteiger partial charge in [-0.15, -0.1) is 0 Å². The number of Topliss-reactive ketones (excluding diaryl/α,β-unsaturated/α-hetero) is 1. The highest BCUT2D eigenvalue weighted by Gasteiger charge is 2.57. The van der Waals surface area contributed by atoms with E-state index < -0.39 is 17.2 Å². The van der Waals surface area contributed by atoms with Crippen LogP contribution >= 0.6 is 0 Å². The molecule has 0 saturated heterocycles. The molecule has 0 bridgehead atoms. The summed E-state index contributed by atoms with van der Waals surface area (Å²) < 4.78 is 17.3. The zero-order valence-corrected chi connectivity index (χ0v) is 8.83. The number of ketones is 1. The SMILES string of the molecule is COC(=O)C1(C(=O)c2ccc(F)cc2)CC1. The van der Waals surface area contributed by atoms with Gasteiger partial charge in [-0.05, 0) is 37.1 Å². The first-order chi connectivity index (χ1) is 7.60. The third-order valence-corrected chi connectivity index (χ3v) is 2.87. The molecular formula is C12H11FO3. The van der Waals surface area contributed by atoms with Crippen molar-refractivity contribution in [3.63, 3.8) is 0 Å². The van der Waals surface area contributed by atoms with E-state index in [-0.39, 0.29) is 5.78 Å². The molecule has 1 aromatic carbocycles. The molecule has 1 saturated carbocycles. The molecule has 1 aliphatic rings. The Morgan fingerprint density at radius 2 is 1.81 bits per heavy atom. The van der Waals surface area contributed by atoms with E-state index in [1.165, 1.54) is 31.4 Å². The molecule has 1 fully saturated rings. The van der Waals surface area contributed by atoms with Crippen LogP contribution in [0.3, 0.4) is 0 Å². The van der Waals surface area contributed by atoms with Crippen molar-refractivity contribution < 1.29 is 18.7 Å². The van der Waals surface area contributed by atoms with Crippen LogP contribution in [0.15, 0.2) is 24.3 Å². The van der Waals surface area contributed by atoms with Crippen LogP contribution in [0.2, 0.25) is 0 Å². The number of hydrogen-bond donors (Lipinski definition) is 0. The number of halogens is 1. The van der Waals surface area contributed by atoms with E-state index in [0.29, 0.717) is 18.4 Å². The maximum atomic E-state index is 12.7. The van der Waals surface area contributed by atoms with Gasteiger partial charge < -0.3 is 4.74 Å². The van der Waals surface area contributed by atoms with Gasteiger partial charge in [0, 0.05) is 5.56 Å². The van der Waals surface area contributed by atoms with E-state index in [1.54, 1.807) is 0 Å². The summed E-state index contributed by atoms with van der Waals surface area (Å²) in [4.78, 5) is 23.5. The largest absolute Gasteiger partial charge is 0.468 e. The first-order valence-electron chi connectivity index (χ1n) is 4.99. The van der Waals surface area contributed by atoms with Gasteiger partial charge in [0.25, 0.3) is 0 Å². The van der Waals surface area contributed by atoms with Gasteiger partial charge in [-0.2, -0.15) is 0 Å². The Hall–Kier alpha value is -1.71. The van der Waals surface area contributed by atoms with Gasteiger partial charge in [0.1, 0.15) is 11.2 Å². The van der Waals surface area contributed by atoms with Crippen LogP contribution in [-0.2, 0) is 9.53 Å². The van der Waals surface area contributed by atoms with Crippen molar-refractivity contribution in [1.29, 1.82) is 0 Å². The summed E-state index contributed by atoms with van der Waals surface area (Å²) in [5.41, 5.74) is -0.656. The van der Waals surface area contributed by atoms with Crippen LogP contribution in [0.1, 0.15) is 23.2 Å². The molecule has 3 nitrogen and oxygen atoms in total. The van der Waals surface area contributed by atoms with E-state index in [9.17, 15) is 14.0 Å². The maximum Gasteiger partial charge on any atom is 0.319 e. The number of rotatable bonds is 3. The summed E-state index contributed by atoms with van der Waals surface area (Å²) in [5.74, 6) is -1.18. The Balaban J connectivity index is 2.26. The number of carbonyl (C=O) groups excluding carboxylic acids is 2. The van der Waals surface area contributed by atoms with E-state index in [4.69, 9.17) is 0 Å². The predicted octanol–water partition coefficient (Wildman–Crippen LogP) is 1.96. The van der Waals surface area contributed by atoms with Crippen LogP contribution in [0.5, 0.6) is 0 Å². The number of carbonyl (C=O) groups is 2. The van der Waals surface area contributed by atoms with Crippen LogP contribution < -0.4 is 0 Å². The van der Waals surface area contributed by atoms with E-state index in [1.807, 2.05) is 0 Å². The Morgan fingerprint density at radius 1 is 1.25 bits per heavy atom. The molecule has 0 heterocycles. The predicted molar refractivity (Wildman–Crippen MR) is 54.4 cm³/mol. The number of ether oxygens (including phenoxy) is 1. The lowest BCUT2D eigenvalue weighted by Crippen LogP contribution is -2.27. The van der Waals surface area contributed by atoms with Crippen LogP contribution in [0, 0.1) is 11.2 Å². The quantitative estimate of drug-likeness (QED) is 0.446. The molecule has 1 aromatic rings. The van der Waals surface area contributed by atoms with Crippen LogP contribution in [0.4, 0.5) is 4.39 Å².